The van der Waals surface area contributed by atoms with Crippen molar-refractivity contribution in [3.8, 4) is 0 Å². The number of carbonyl (C=O) groups excluding carboxylic acids is 1. The summed E-state index contributed by atoms with van der Waals surface area (Å²) in [6.45, 7) is 5.08. The van der Waals surface area contributed by atoms with Crippen molar-refractivity contribution in [3.63, 3.8) is 0 Å². The normalized spacial score (nSPS) is 13.5. The third-order valence-electron chi connectivity index (χ3n) is 2.98. The summed E-state index contributed by atoms with van der Waals surface area (Å²) in [5.41, 5.74) is 0.324. The van der Waals surface area contributed by atoms with Crippen LogP contribution in [0.15, 0.2) is 22.7 Å². The lowest BCUT2D eigenvalue weighted by Crippen LogP contribution is -2.53. The Bertz CT molecular complexity index is 505. The van der Waals surface area contributed by atoms with Crippen LogP contribution in [0.1, 0.15) is 25.8 Å². The van der Waals surface area contributed by atoms with Gasteiger partial charge in [0.2, 0.25) is 0 Å². The molecule has 0 aliphatic carbocycles. The number of rotatable bonds is 4. The van der Waals surface area contributed by atoms with E-state index in [0.717, 1.165) is 10.0 Å². The van der Waals surface area contributed by atoms with Gasteiger partial charge in [0.05, 0.1) is 0 Å². The highest BCUT2D eigenvalue weighted by Crippen LogP contribution is 2.20. The predicted molar refractivity (Wildman–Crippen MR) is 77.4 cm³/mol. The first-order valence-corrected chi connectivity index (χ1v) is 6.66. The van der Waals surface area contributed by atoms with Crippen LogP contribution in [0.25, 0.3) is 0 Å². The van der Waals surface area contributed by atoms with Gasteiger partial charge in [-0.2, -0.15) is 0 Å². The second kappa shape index (κ2) is 6.06. The third-order valence-corrected chi connectivity index (χ3v) is 3.87. The number of urea groups is 1. The second-order valence-corrected chi connectivity index (χ2v) is 5.39. The van der Waals surface area contributed by atoms with Crippen LogP contribution in [0.5, 0.6) is 0 Å². The summed E-state index contributed by atoms with van der Waals surface area (Å²) >= 11 is 3.37. The maximum absolute atomic E-state index is 11.8. The van der Waals surface area contributed by atoms with Gasteiger partial charge in [0.15, 0.2) is 0 Å². The van der Waals surface area contributed by atoms with E-state index >= 15 is 0 Å². The van der Waals surface area contributed by atoms with Gasteiger partial charge in [-0.3, -0.25) is 0 Å². The number of hydrogen-bond acceptors (Lipinski definition) is 2. The zero-order chi connectivity index (χ0) is 14.6. The Morgan fingerprint density at radius 3 is 2.53 bits per heavy atom. The van der Waals surface area contributed by atoms with E-state index in [1.54, 1.807) is 19.1 Å². The number of halogens is 1. The highest BCUT2D eigenvalue weighted by molar-refractivity contribution is 9.10. The van der Waals surface area contributed by atoms with Gasteiger partial charge in [-0.25, -0.2) is 9.59 Å². The van der Waals surface area contributed by atoms with Crippen LogP contribution >= 0.6 is 15.9 Å². The molecule has 6 heteroatoms. The van der Waals surface area contributed by atoms with Crippen molar-refractivity contribution >= 4 is 33.6 Å². The third kappa shape index (κ3) is 3.96. The molecule has 3 N–H and O–H groups in total. The molecule has 0 saturated carbocycles. The van der Waals surface area contributed by atoms with Crippen molar-refractivity contribution in [3.05, 3.63) is 28.2 Å². The molecule has 0 bridgehead atoms. The van der Waals surface area contributed by atoms with Gasteiger partial charge in [0, 0.05) is 10.2 Å². The Kier molecular flexibility index (Phi) is 4.94. The van der Waals surface area contributed by atoms with Gasteiger partial charge < -0.3 is 15.7 Å². The van der Waals surface area contributed by atoms with E-state index in [1.807, 2.05) is 13.0 Å². The van der Waals surface area contributed by atoms with Crippen LogP contribution in [-0.4, -0.2) is 22.6 Å². The first-order valence-electron chi connectivity index (χ1n) is 5.87. The van der Waals surface area contributed by atoms with E-state index in [4.69, 9.17) is 5.11 Å². The number of aryl methyl sites for hydroxylation is 1. The Morgan fingerprint density at radius 1 is 1.42 bits per heavy atom. The van der Waals surface area contributed by atoms with Gasteiger partial charge in [-0.1, -0.05) is 22.9 Å². The van der Waals surface area contributed by atoms with Crippen molar-refractivity contribution < 1.29 is 14.7 Å². The van der Waals surface area contributed by atoms with Gasteiger partial charge in [0.1, 0.15) is 5.54 Å². The van der Waals surface area contributed by atoms with Gasteiger partial charge >= 0.3 is 12.0 Å². The molecule has 0 aromatic heterocycles. The van der Waals surface area contributed by atoms with E-state index in [0.29, 0.717) is 12.1 Å². The molecule has 0 aliphatic rings. The molecule has 1 unspecified atom stereocenters. The summed E-state index contributed by atoms with van der Waals surface area (Å²) in [5, 5.41) is 14.2. The molecular formula is C13H17BrN2O3. The Balaban J connectivity index is 2.75. The van der Waals surface area contributed by atoms with E-state index in [1.165, 1.54) is 6.92 Å². The number of hydrogen-bond donors (Lipinski definition) is 3. The average Bonchev–Trinajstić information content (AvgIpc) is 2.33. The highest BCUT2D eigenvalue weighted by Gasteiger charge is 2.32. The van der Waals surface area contributed by atoms with E-state index in [9.17, 15) is 9.59 Å². The lowest BCUT2D eigenvalue weighted by molar-refractivity contribution is -0.143. The molecule has 104 valence electrons. The number of carbonyl (C=O) groups is 2. The fourth-order valence-electron chi connectivity index (χ4n) is 1.43. The topological polar surface area (TPSA) is 78.4 Å². The van der Waals surface area contributed by atoms with E-state index < -0.39 is 17.5 Å². The lowest BCUT2D eigenvalue weighted by atomic mass is 10.00. The molecule has 0 aliphatic heterocycles. The fourth-order valence-corrected chi connectivity index (χ4v) is 1.68. The summed E-state index contributed by atoms with van der Waals surface area (Å²) in [6, 6.07) is 4.82. The molecule has 0 fully saturated rings. The number of anilines is 1. The van der Waals surface area contributed by atoms with Crippen LogP contribution < -0.4 is 10.6 Å². The molecule has 1 aromatic rings. The molecule has 5 nitrogen and oxygen atoms in total. The van der Waals surface area contributed by atoms with Gasteiger partial charge in [-0.05, 0) is 44.0 Å². The minimum absolute atomic E-state index is 0.301. The number of amides is 2. The summed E-state index contributed by atoms with van der Waals surface area (Å²) in [7, 11) is 0. The highest BCUT2D eigenvalue weighted by atomic mass is 79.9. The smallest absolute Gasteiger partial charge is 0.329 e. The fraction of sp³-hybridized carbons (Fsp3) is 0.385. The molecule has 0 radical (unpaired) electrons. The van der Waals surface area contributed by atoms with Crippen LogP contribution in [0.3, 0.4) is 0 Å². The lowest BCUT2D eigenvalue weighted by Gasteiger charge is -2.24. The number of carboxylic acid groups (broad SMARTS) is 1. The van der Waals surface area contributed by atoms with E-state index in [-0.39, 0.29) is 0 Å². The minimum atomic E-state index is -1.27. The number of aliphatic carboxylic acids is 1. The number of benzene rings is 1. The number of carboxylic acids is 1. The van der Waals surface area contributed by atoms with Crippen LogP contribution in [0.2, 0.25) is 0 Å². The van der Waals surface area contributed by atoms with E-state index in [2.05, 4.69) is 26.6 Å². The first kappa shape index (κ1) is 15.5. The molecule has 1 aromatic carbocycles. The van der Waals surface area contributed by atoms with Crippen LogP contribution in [0.4, 0.5) is 10.5 Å². The summed E-state index contributed by atoms with van der Waals surface area (Å²) in [6.07, 6.45) is 0.301. The largest absolute Gasteiger partial charge is 0.480 e. The SMILES string of the molecule is CCC(C)(NC(=O)Nc1ccc(Br)c(C)c1)C(=O)O. The zero-order valence-corrected chi connectivity index (χ0v) is 12.7. The van der Waals surface area contributed by atoms with Crippen LogP contribution in [-0.2, 0) is 4.79 Å². The molecule has 1 atom stereocenters. The molecule has 0 heterocycles. The molecule has 0 saturated heterocycles. The van der Waals surface area contributed by atoms with Crippen molar-refractivity contribution in [1.82, 2.24) is 5.32 Å². The van der Waals surface area contributed by atoms with Gasteiger partial charge in [0.25, 0.3) is 0 Å². The summed E-state index contributed by atoms with van der Waals surface area (Å²) < 4.78 is 0.947. The monoisotopic (exact) mass is 328 g/mol. The molecule has 1 rings (SSSR count). The van der Waals surface area contributed by atoms with Crippen molar-refractivity contribution in [2.24, 2.45) is 0 Å². The Labute approximate surface area is 120 Å². The standard InChI is InChI=1S/C13H17BrN2O3/c1-4-13(3,11(17)18)16-12(19)15-9-5-6-10(14)8(2)7-9/h5-7H,4H2,1-3H3,(H,17,18)(H2,15,16,19). The molecular weight excluding hydrogens is 312 g/mol. The maximum atomic E-state index is 11.8. The van der Waals surface area contributed by atoms with Crippen molar-refractivity contribution in [2.75, 3.05) is 5.32 Å². The predicted octanol–water partition coefficient (Wildman–Crippen LogP) is 3.13. The summed E-state index contributed by atoms with van der Waals surface area (Å²) in [5.74, 6) is -1.06. The molecule has 19 heavy (non-hydrogen) atoms. The second-order valence-electron chi connectivity index (χ2n) is 4.53. The average molecular weight is 329 g/mol. The number of nitrogens with one attached hydrogen (secondary N) is 2. The summed E-state index contributed by atoms with van der Waals surface area (Å²) in [4.78, 5) is 22.9. The van der Waals surface area contributed by atoms with Gasteiger partial charge in [-0.15, -0.1) is 0 Å². The minimum Gasteiger partial charge on any atom is -0.480 e. The van der Waals surface area contributed by atoms with Crippen molar-refractivity contribution in [2.45, 2.75) is 32.7 Å². The zero-order valence-electron chi connectivity index (χ0n) is 11.1. The Morgan fingerprint density at radius 2 is 2.05 bits per heavy atom. The molecule has 2 amide bonds. The van der Waals surface area contributed by atoms with Crippen molar-refractivity contribution in [1.29, 1.82) is 0 Å². The Hall–Kier alpha value is -1.56. The maximum Gasteiger partial charge on any atom is 0.329 e. The van der Waals surface area contributed by atoms with Crippen LogP contribution in [0, 0.1) is 6.92 Å². The first-order chi connectivity index (χ1) is 8.78. The molecule has 0 spiro atoms. The quantitative estimate of drug-likeness (QED) is 0.794.